The van der Waals surface area contributed by atoms with Crippen LogP contribution in [0.5, 0.6) is 0 Å². The summed E-state index contributed by atoms with van der Waals surface area (Å²) in [7, 11) is 0. The van der Waals surface area contributed by atoms with Crippen LogP contribution in [-0.2, 0) is 0 Å². The van der Waals surface area contributed by atoms with Crippen molar-refractivity contribution in [1.29, 1.82) is 0 Å². The number of nitrogens with one attached hydrogen (secondary N) is 1. The Bertz CT molecular complexity index is 373. The predicted molar refractivity (Wildman–Crippen MR) is 86.3 cm³/mol. The molecule has 0 bridgehead atoms. The molecule has 4 nitrogen and oxygen atoms in total. The van der Waals surface area contributed by atoms with E-state index in [1.807, 2.05) is 0 Å². The van der Waals surface area contributed by atoms with Gasteiger partial charge in [0, 0.05) is 32.0 Å². The predicted octanol–water partition coefficient (Wildman–Crippen LogP) is 2.59. The standard InChI is InChI=1S/C16H30F2N4/c1-2-22-9-5-7-14(22)12-21-15(19)20-11-13-6-3-4-8-16(17,18)10-13/h13-14H,2-12H2,1H3,(H3,19,20,21). The highest BCUT2D eigenvalue weighted by Crippen LogP contribution is 2.35. The maximum absolute atomic E-state index is 13.6. The van der Waals surface area contributed by atoms with Crippen molar-refractivity contribution >= 4 is 5.96 Å². The number of nitrogens with two attached hydrogens (primary N) is 1. The third-order valence-electron chi connectivity index (χ3n) is 4.94. The van der Waals surface area contributed by atoms with E-state index in [0.29, 0.717) is 25.0 Å². The molecular weight excluding hydrogens is 286 g/mol. The van der Waals surface area contributed by atoms with Gasteiger partial charge in [0.05, 0.1) is 0 Å². The lowest BCUT2D eigenvalue weighted by Gasteiger charge is -2.23. The number of aliphatic imine (C=N–C) groups is 1. The summed E-state index contributed by atoms with van der Waals surface area (Å²) in [6, 6.07) is 0.515. The molecule has 0 aromatic carbocycles. The number of guanidine groups is 1. The minimum absolute atomic E-state index is 0.0233. The van der Waals surface area contributed by atoms with Gasteiger partial charge in [-0.3, -0.25) is 9.89 Å². The maximum Gasteiger partial charge on any atom is 0.248 e. The molecular formula is C16H30F2N4. The molecule has 2 aliphatic rings. The fraction of sp³-hybridized carbons (Fsp3) is 0.938. The zero-order chi connectivity index (χ0) is 16.0. The Balaban J connectivity index is 1.74. The molecule has 2 unspecified atom stereocenters. The van der Waals surface area contributed by atoms with E-state index in [9.17, 15) is 8.78 Å². The van der Waals surface area contributed by atoms with Gasteiger partial charge in [0.25, 0.3) is 0 Å². The summed E-state index contributed by atoms with van der Waals surface area (Å²) in [4.78, 5) is 6.73. The van der Waals surface area contributed by atoms with E-state index in [2.05, 4.69) is 22.1 Å². The molecule has 128 valence electrons. The van der Waals surface area contributed by atoms with E-state index in [1.54, 1.807) is 0 Å². The minimum atomic E-state index is -2.52. The van der Waals surface area contributed by atoms with Gasteiger partial charge >= 0.3 is 0 Å². The van der Waals surface area contributed by atoms with Gasteiger partial charge < -0.3 is 11.1 Å². The number of hydrogen-bond donors (Lipinski definition) is 2. The molecule has 1 saturated heterocycles. The van der Waals surface area contributed by atoms with Crippen LogP contribution >= 0.6 is 0 Å². The van der Waals surface area contributed by atoms with Gasteiger partial charge in [-0.25, -0.2) is 8.78 Å². The summed E-state index contributed by atoms with van der Waals surface area (Å²) in [6.07, 6.45) is 4.72. The Morgan fingerprint density at radius 1 is 1.32 bits per heavy atom. The lowest BCUT2D eigenvalue weighted by Crippen LogP contribution is -2.43. The first-order chi connectivity index (χ1) is 10.5. The van der Waals surface area contributed by atoms with Gasteiger partial charge in [0.2, 0.25) is 5.92 Å². The average molecular weight is 316 g/mol. The van der Waals surface area contributed by atoms with E-state index in [-0.39, 0.29) is 18.8 Å². The first-order valence-corrected chi connectivity index (χ1v) is 8.66. The normalized spacial score (nSPS) is 30.2. The fourth-order valence-electron chi connectivity index (χ4n) is 3.65. The molecule has 0 radical (unpaired) electrons. The van der Waals surface area contributed by atoms with E-state index in [0.717, 1.165) is 32.5 Å². The average Bonchev–Trinajstić information content (AvgIpc) is 2.86. The van der Waals surface area contributed by atoms with Crippen LogP contribution in [-0.4, -0.2) is 49.0 Å². The van der Waals surface area contributed by atoms with Crippen molar-refractivity contribution in [2.24, 2.45) is 16.6 Å². The summed E-state index contributed by atoms with van der Waals surface area (Å²) in [5.74, 6) is -2.17. The molecule has 0 amide bonds. The van der Waals surface area contributed by atoms with Crippen molar-refractivity contribution in [3.05, 3.63) is 0 Å². The minimum Gasteiger partial charge on any atom is -0.370 e. The van der Waals surface area contributed by atoms with Gasteiger partial charge in [-0.2, -0.15) is 0 Å². The van der Waals surface area contributed by atoms with Gasteiger partial charge in [-0.05, 0) is 44.7 Å². The van der Waals surface area contributed by atoms with Crippen molar-refractivity contribution in [2.45, 2.75) is 63.8 Å². The van der Waals surface area contributed by atoms with Crippen LogP contribution in [0.1, 0.15) is 51.9 Å². The van der Waals surface area contributed by atoms with Crippen molar-refractivity contribution in [2.75, 3.05) is 26.2 Å². The van der Waals surface area contributed by atoms with Crippen LogP contribution in [0.15, 0.2) is 4.99 Å². The van der Waals surface area contributed by atoms with Gasteiger partial charge in [0.15, 0.2) is 5.96 Å². The van der Waals surface area contributed by atoms with E-state index in [4.69, 9.17) is 5.73 Å². The van der Waals surface area contributed by atoms with Crippen molar-refractivity contribution < 1.29 is 8.78 Å². The number of nitrogens with zero attached hydrogens (tertiary/aromatic N) is 2. The second kappa shape index (κ2) is 8.09. The third-order valence-corrected chi connectivity index (χ3v) is 4.94. The third kappa shape index (κ3) is 5.38. The van der Waals surface area contributed by atoms with E-state index < -0.39 is 5.92 Å². The Hall–Kier alpha value is -0.910. The first kappa shape index (κ1) is 17.4. The molecule has 0 spiro atoms. The smallest absolute Gasteiger partial charge is 0.248 e. The topological polar surface area (TPSA) is 53.6 Å². The highest BCUT2D eigenvalue weighted by atomic mass is 19.3. The molecule has 2 atom stereocenters. The summed E-state index contributed by atoms with van der Waals surface area (Å²) in [5, 5.41) is 3.16. The van der Waals surface area contributed by atoms with Crippen LogP contribution in [0, 0.1) is 5.92 Å². The summed E-state index contributed by atoms with van der Waals surface area (Å²) < 4.78 is 27.1. The quantitative estimate of drug-likeness (QED) is 0.466. The van der Waals surface area contributed by atoms with Crippen molar-refractivity contribution in [3.63, 3.8) is 0 Å². The molecule has 1 heterocycles. The highest BCUT2D eigenvalue weighted by Gasteiger charge is 2.34. The lowest BCUT2D eigenvalue weighted by atomic mass is 9.99. The molecule has 1 aliphatic heterocycles. The Morgan fingerprint density at radius 3 is 2.91 bits per heavy atom. The van der Waals surface area contributed by atoms with Crippen LogP contribution in [0.25, 0.3) is 0 Å². The van der Waals surface area contributed by atoms with Crippen LogP contribution in [0.3, 0.4) is 0 Å². The largest absolute Gasteiger partial charge is 0.370 e. The van der Waals surface area contributed by atoms with Crippen LogP contribution < -0.4 is 11.1 Å². The first-order valence-electron chi connectivity index (χ1n) is 8.66. The molecule has 2 fully saturated rings. The Labute approximate surface area is 132 Å². The fourth-order valence-corrected chi connectivity index (χ4v) is 3.65. The summed E-state index contributed by atoms with van der Waals surface area (Å²) in [6.45, 7) is 5.58. The second-order valence-electron chi connectivity index (χ2n) is 6.70. The zero-order valence-electron chi connectivity index (χ0n) is 13.7. The molecule has 1 saturated carbocycles. The van der Waals surface area contributed by atoms with Crippen LogP contribution in [0.4, 0.5) is 8.78 Å². The van der Waals surface area contributed by atoms with E-state index >= 15 is 0 Å². The molecule has 22 heavy (non-hydrogen) atoms. The molecule has 0 aromatic heterocycles. The maximum atomic E-state index is 13.6. The number of likely N-dealkylation sites (N-methyl/N-ethyl adjacent to an activating group) is 1. The molecule has 3 N–H and O–H groups in total. The summed E-state index contributed by atoms with van der Waals surface area (Å²) >= 11 is 0. The number of likely N-dealkylation sites (tertiary alicyclic amines) is 1. The molecule has 6 heteroatoms. The number of halogens is 2. The molecule has 2 rings (SSSR count). The molecule has 1 aliphatic carbocycles. The van der Waals surface area contributed by atoms with Gasteiger partial charge in [-0.15, -0.1) is 0 Å². The number of alkyl halides is 2. The Kier molecular flexibility index (Phi) is 6.41. The summed E-state index contributed by atoms with van der Waals surface area (Å²) in [5.41, 5.74) is 5.90. The SMILES string of the molecule is CCN1CCCC1CNC(N)=NCC1CCCCC(F)(F)C1. The monoisotopic (exact) mass is 316 g/mol. The molecule has 0 aromatic rings. The number of rotatable bonds is 5. The Morgan fingerprint density at radius 2 is 2.14 bits per heavy atom. The van der Waals surface area contributed by atoms with Crippen molar-refractivity contribution in [3.8, 4) is 0 Å². The number of hydrogen-bond acceptors (Lipinski definition) is 2. The van der Waals surface area contributed by atoms with E-state index in [1.165, 1.54) is 12.8 Å². The van der Waals surface area contributed by atoms with Gasteiger partial charge in [0.1, 0.15) is 0 Å². The zero-order valence-corrected chi connectivity index (χ0v) is 13.7. The second-order valence-corrected chi connectivity index (χ2v) is 6.70. The van der Waals surface area contributed by atoms with Gasteiger partial charge in [-0.1, -0.05) is 13.3 Å². The lowest BCUT2D eigenvalue weighted by molar-refractivity contribution is -0.0241. The van der Waals surface area contributed by atoms with Crippen LogP contribution in [0.2, 0.25) is 0 Å². The van der Waals surface area contributed by atoms with Crippen molar-refractivity contribution in [1.82, 2.24) is 10.2 Å². The highest BCUT2D eigenvalue weighted by molar-refractivity contribution is 5.77.